The minimum atomic E-state index is -1.58. The van der Waals surface area contributed by atoms with Gasteiger partial charge in [0.1, 0.15) is 0 Å². The molecule has 0 nitrogen and oxygen atoms in total. The lowest BCUT2D eigenvalue weighted by Gasteiger charge is -2.41. The zero-order chi connectivity index (χ0) is 17.8. The summed E-state index contributed by atoms with van der Waals surface area (Å²) in [5.41, 5.74) is 3.59. The molecule has 1 unspecified atom stereocenters. The van der Waals surface area contributed by atoms with Crippen LogP contribution < -0.4 is 0 Å². The van der Waals surface area contributed by atoms with Crippen molar-refractivity contribution in [2.45, 2.75) is 83.3 Å². The topological polar surface area (TPSA) is 0 Å². The first-order valence-corrected chi connectivity index (χ1v) is 15.0. The summed E-state index contributed by atoms with van der Waals surface area (Å²) in [6.07, 6.45) is 4.09. The minimum Gasteiger partial charge on any atom is -0.0682 e. The molecule has 1 aliphatic rings. The van der Waals surface area contributed by atoms with Gasteiger partial charge in [0.25, 0.3) is 0 Å². The smallest absolute Gasteiger partial charge is 0.0682 e. The number of hydrogen-bond donors (Lipinski definition) is 0. The van der Waals surface area contributed by atoms with E-state index in [4.69, 9.17) is 0 Å². The van der Waals surface area contributed by atoms with E-state index in [1.54, 1.807) is 10.8 Å². The monoisotopic (exact) mass is 343 g/mol. The molecule has 1 aromatic carbocycles. The summed E-state index contributed by atoms with van der Waals surface area (Å²) in [6.45, 7) is 24.7. The van der Waals surface area contributed by atoms with Crippen LogP contribution in [0, 0.1) is 6.08 Å². The van der Waals surface area contributed by atoms with E-state index in [1.165, 1.54) is 5.56 Å². The highest BCUT2D eigenvalue weighted by atomic mass is 28.3. The van der Waals surface area contributed by atoms with Crippen LogP contribution in [0.2, 0.25) is 36.3 Å². The predicted octanol–water partition coefficient (Wildman–Crippen LogP) is 7.07. The molecule has 0 N–H and O–H groups in total. The normalized spacial score (nSPS) is 19.6. The van der Waals surface area contributed by atoms with Crippen molar-refractivity contribution in [3.05, 3.63) is 41.5 Å². The van der Waals surface area contributed by atoms with Crippen LogP contribution in [0.3, 0.4) is 0 Å². The maximum Gasteiger partial charge on any atom is 0.0871 e. The van der Waals surface area contributed by atoms with Gasteiger partial charge >= 0.3 is 0 Å². The number of hydrogen-bond acceptors (Lipinski definition) is 0. The SMILES string of the molecule is CC(C)(C)[Si](C)(C)C1=[C]C([Si](C)(C)C(C)(C)C)c2ccccc21. The molecule has 0 amide bonds. The maximum atomic E-state index is 4.09. The number of fused-ring (bicyclic) bond motifs is 1. The van der Waals surface area contributed by atoms with Crippen LogP contribution in [0.15, 0.2) is 24.3 Å². The predicted molar refractivity (Wildman–Crippen MR) is 110 cm³/mol. The molecule has 1 radical (unpaired) electrons. The van der Waals surface area contributed by atoms with Gasteiger partial charge in [-0.25, -0.2) is 0 Å². The summed E-state index contributed by atoms with van der Waals surface area (Å²) >= 11 is 0. The summed E-state index contributed by atoms with van der Waals surface area (Å²) in [5.74, 6) is 0. The van der Waals surface area contributed by atoms with E-state index >= 15 is 0 Å². The standard InChI is InChI=1S/C21H35Si2/c1-20(2,3)22(7,8)18-15-19(23(9,10)21(4,5)6)17-14-12-11-13-16(17)18/h11-14,18H,1-10H3. The summed E-state index contributed by atoms with van der Waals surface area (Å²) in [6, 6.07) is 9.15. The van der Waals surface area contributed by atoms with Gasteiger partial charge in [-0.2, -0.15) is 0 Å². The molecule has 1 aromatic rings. The van der Waals surface area contributed by atoms with E-state index in [0.717, 1.165) is 0 Å². The molecule has 2 heteroatoms. The first kappa shape index (κ1) is 18.7. The first-order valence-electron chi connectivity index (χ1n) is 8.94. The molecule has 0 fully saturated rings. The Kier molecular flexibility index (Phi) is 4.44. The Hall–Kier alpha value is -0.606. The molecule has 0 aliphatic heterocycles. The minimum absolute atomic E-state index is 0.352. The van der Waals surface area contributed by atoms with Gasteiger partial charge < -0.3 is 0 Å². The van der Waals surface area contributed by atoms with Crippen molar-refractivity contribution >= 4 is 21.3 Å². The van der Waals surface area contributed by atoms with Gasteiger partial charge in [-0.15, -0.1) is 0 Å². The van der Waals surface area contributed by atoms with Crippen molar-refractivity contribution in [2.24, 2.45) is 0 Å². The van der Waals surface area contributed by atoms with Crippen molar-refractivity contribution in [3.63, 3.8) is 0 Å². The highest BCUT2D eigenvalue weighted by Crippen LogP contribution is 2.54. The Labute approximate surface area is 146 Å². The quantitative estimate of drug-likeness (QED) is 0.504. The van der Waals surface area contributed by atoms with Crippen LogP contribution in [0.4, 0.5) is 0 Å². The fraction of sp³-hybridized carbons (Fsp3) is 0.619. The van der Waals surface area contributed by atoms with E-state index < -0.39 is 16.1 Å². The zero-order valence-electron chi connectivity index (χ0n) is 16.9. The lowest BCUT2D eigenvalue weighted by atomic mass is 10.1. The van der Waals surface area contributed by atoms with Gasteiger partial charge in [0.2, 0.25) is 0 Å². The third-order valence-corrected chi connectivity index (χ3v) is 18.2. The molecule has 0 spiro atoms. The molecule has 0 saturated heterocycles. The van der Waals surface area contributed by atoms with Crippen molar-refractivity contribution in [3.8, 4) is 0 Å². The Morgan fingerprint density at radius 1 is 0.826 bits per heavy atom. The number of rotatable bonds is 2. The molecule has 1 aliphatic carbocycles. The molecule has 0 saturated carbocycles. The Morgan fingerprint density at radius 2 is 1.35 bits per heavy atom. The lowest BCUT2D eigenvalue weighted by molar-refractivity contribution is 0.703. The molecule has 2 rings (SSSR count). The van der Waals surface area contributed by atoms with Gasteiger partial charge in [-0.05, 0) is 32.5 Å². The molecular weight excluding hydrogens is 308 g/mol. The van der Waals surface area contributed by atoms with Crippen LogP contribution >= 0.6 is 0 Å². The van der Waals surface area contributed by atoms with E-state index in [2.05, 4.69) is 98.1 Å². The molecule has 0 heterocycles. The van der Waals surface area contributed by atoms with Crippen LogP contribution in [0.1, 0.15) is 58.2 Å². The largest absolute Gasteiger partial charge is 0.0871 e. The second-order valence-electron chi connectivity index (χ2n) is 10.4. The van der Waals surface area contributed by atoms with Crippen LogP contribution in [-0.2, 0) is 0 Å². The highest BCUT2D eigenvalue weighted by Gasteiger charge is 2.49. The molecule has 23 heavy (non-hydrogen) atoms. The Bertz CT molecular complexity index is 622. The lowest BCUT2D eigenvalue weighted by Crippen LogP contribution is -2.43. The summed E-state index contributed by atoms with van der Waals surface area (Å²) in [4.78, 5) is 0. The van der Waals surface area contributed by atoms with E-state index in [-0.39, 0.29) is 0 Å². The first-order chi connectivity index (χ1) is 10.2. The second kappa shape index (κ2) is 5.45. The Morgan fingerprint density at radius 3 is 1.83 bits per heavy atom. The van der Waals surface area contributed by atoms with E-state index in [1.807, 2.05) is 0 Å². The van der Waals surface area contributed by atoms with Gasteiger partial charge in [0, 0.05) is 5.54 Å². The van der Waals surface area contributed by atoms with Crippen LogP contribution in [0.25, 0.3) is 5.20 Å². The van der Waals surface area contributed by atoms with Crippen molar-refractivity contribution in [1.82, 2.24) is 0 Å². The molecular formula is C21H35Si2. The van der Waals surface area contributed by atoms with E-state index in [0.29, 0.717) is 15.6 Å². The van der Waals surface area contributed by atoms with Gasteiger partial charge in [0.15, 0.2) is 0 Å². The summed E-state index contributed by atoms with van der Waals surface area (Å²) < 4.78 is 0. The van der Waals surface area contributed by atoms with Crippen LogP contribution in [0.5, 0.6) is 0 Å². The van der Waals surface area contributed by atoms with Crippen molar-refractivity contribution in [1.29, 1.82) is 0 Å². The average Bonchev–Trinajstić information content (AvgIpc) is 2.76. The zero-order valence-corrected chi connectivity index (χ0v) is 18.9. The highest BCUT2D eigenvalue weighted by molar-refractivity contribution is 6.97. The van der Waals surface area contributed by atoms with Crippen molar-refractivity contribution in [2.75, 3.05) is 0 Å². The summed E-state index contributed by atoms with van der Waals surface area (Å²) in [5, 5.41) is 2.31. The van der Waals surface area contributed by atoms with Gasteiger partial charge in [0.05, 0.1) is 16.1 Å². The van der Waals surface area contributed by atoms with Crippen LogP contribution in [-0.4, -0.2) is 16.1 Å². The average molecular weight is 344 g/mol. The molecule has 127 valence electrons. The third-order valence-electron chi connectivity index (χ3n) is 6.98. The Balaban J connectivity index is 2.66. The number of allylic oxidation sites excluding steroid dienone is 1. The third kappa shape index (κ3) is 2.93. The maximum absolute atomic E-state index is 4.09. The van der Waals surface area contributed by atoms with Crippen molar-refractivity contribution < 1.29 is 0 Å². The summed E-state index contributed by atoms with van der Waals surface area (Å²) in [7, 11) is -3.09. The fourth-order valence-electron chi connectivity index (χ4n) is 3.17. The van der Waals surface area contributed by atoms with E-state index in [9.17, 15) is 0 Å². The molecule has 0 bridgehead atoms. The fourth-order valence-corrected chi connectivity index (χ4v) is 7.87. The molecule has 0 aromatic heterocycles. The van der Waals surface area contributed by atoms with Gasteiger partial charge in [-0.3, -0.25) is 0 Å². The number of benzene rings is 1. The second-order valence-corrected chi connectivity index (χ2v) is 21.2. The molecule has 1 atom stereocenters. The van der Waals surface area contributed by atoms with Gasteiger partial charge in [-0.1, -0.05) is 92.0 Å².